The number of amides is 1. The molecule has 0 aromatic heterocycles. The van der Waals surface area contributed by atoms with Crippen LogP contribution in [0.1, 0.15) is 18.6 Å². The maximum atomic E-state index is 13.1. The second-order valence-corrected chi connectivity index (χ2v) is 5.37. The third-order valence-electron chi connectivity index (χ3n) is 3.71. The number of rotatable bonds is 4. The zero-order valence-corrected chi connectivity index (χ0v) is 12.1. The van der Waals surface area contributed by atoms with Gasteiger partial charge in [-0.3, -0.25) is 9.69 Å². The van der Waals surface area contributed by atoms with Gasteiger partial charge in [0.2, 0.25) is 0 Å². The summed E-state index contributed by atoms with van der Waals surface area (Å²) in [6.45, 7) is 4.18. The van der Waals surface area contributed by atoms with Crippen molar-refractivity contribution >= 4 is 5.91 Å². The van der Waals surface area contributed by atoms with Crippen LogP contribution in [0.4, 0.5) is 4.39 Å². The van der Waals surface area contributed by atoms with E-state index in [0.717, 1.165) is 0 Å². The summed E-state index contributed by atoms with van der Waals surface area (Å²) in [5.74, 6) is -0.626. The maximum Gasteiger partial charge on any atom is 0.251 e. The predicted molar refractivity (Wildman–Crippen MR) is 76.1 cm³/mol. The van der Waals surface area contributed by atoms with E-state index in [0.29, 0.717) is 38.3 Å². The molecule has 2 rings (SSSR count). The minimum atomic E-state index is -0.977. The van der Waals surface area contributed by atoms with Gasteiger partial charge in [0.1, 0.15) is 11.9 Å². The topological polar surface area (TPSA) is 64.0 Å². The average Bonchev–Trinajstić information content (AvgIpc) is 2.47. The number of β-amino-alcohol motifs (C(OH)–C–C–N with tert-alkyl or cyclic N) is 1. The smallest absolute Gasteiger partial charge is 0.251 e. The van der Waals surface area contributed by atoms with Gasteiger partial charge in [-0.05, 0) is 24.6 Å². The molecular formula is C15H21FN2O3. The molecule has 1 heterocycles. The van der Waals surface area contributed by atoms with Crippen molar-refractivity contribution in [3.05, 3.63) is 35.6 Å². The lowest BCUT2D eigenvalue weighted by atomic mass is 10.1. The fraction of sp³-hybridized carbons (Fsp3) is 0.533. The predicted octanol–water partition coefficient (Wildman–Crippen LogP) is 0.384. The van der Waals surface area contributed by atoms with Gasteiger partial charge in [0, 0.05) is 32.7 Å². The van der Waals surface area contributed by atoms with Crippen LogP contribution >= 0.6 is 0 Å². The first-order chi connectivity index (χ1) is 9.97. The molecule has 21 heavy (non-hydrogen) atoms. The summed E-state index contributed by atoms with van der Waals surface area (Å²) in [6.07, 6.45) is -1.73. The Morgan fingerprint density at radius 2 is 1.95 bits per heavy atom. The van der Waals surface area contributed by atoms with Crippen LogP contribution in [0.25, 0.3) is 0 Å². The van der Waals surface area contributed by atoms with E-state index >= 15 is 0 Å². The molecule has 1 fully saturated rings. The zero-order chi connectivity index (χ0) is 15.4. The molecule has 116 valence electrons. The maximum absolute atomic E-state index is 13.1. The lowest BCUT2D eigenvalue weighted by Gasteiger charge is -2.36. The summed E-state index contributed by atoms with van der Waals surface area (Å²) in [5.41, 5.74) is 0.553. The van der Waals surface area contributed by atoms with E-state index in [9.17, 15) is 19.4 Å². The van der Waals surface area contributed by atoms with Crippen LogP contribution in [-0.4, -0.2) is 64.7 Å². The molecule has 1 aliphatic rings. The van der Waals surface area contributed by atoms with Gasteiger partial charge in [-0.15, -0.1) is 0 Å². The van der Waals surface area contributed by atoms with Crippen molar-refractivity contribution in [2.75, 3.05) is 32.7 Å². The lowest BCUT2D eigenvalue weighted by Crippen LogP contribution is -2.51. The van der Waals surface area contributed by atoms with Crippen molar-refractivity contribution in [3.8, 4) is 0 Å². The van der Waals surface area contributed by atoms with Crippen LogP contribution in [0.2, 0.25) is 0 Å². The van der Waals surface area contributed by atoms with Crippen molar-refractivity contribution in [2.24, 2.45) is 0 Å². The molecule has 1 aromatic rings. The Morgan fingerprint density at radius 3 is 2.52 bits per heavy atom. The van der Waals surface area contributed by atoms with Gasteiger partial charge in [-0.2, -0.15) is 0 Å². The second-order valence-electron chi connectivity index (χ2n) is 5.37. The van der Waals surface area contributed by atoms with Crippen LogP contribution in [0.5, 0.6) is 0 Å². The number of hydrogen-bond acceptors (Lipinski definition) is 4. The van der Waals surface area contributed by atoms with E-state index in [1.54, 1.807) is 17.0 Å². The summed E-state index contributed by atoms with van der Waals surface area (Å²) in [6, 6.07) is 5.95. The molecule has 1 aliphatic heterocycles. The average molecular weight is 296 g/mol. The van der Waals surface area contributed by atoms with E-state index in [2.05, 4.69) is 0 Å². The molecule has 0 bridgehead atoms. The monoisotopic (exact) mass is 296 g/mol. The number of benzene rings is 1. The zero-order valence-electron chi connectivity index (χ0n) is 12.1. The molecule has 1 saturated heterocycles. The van der Waals surface area contributed by atoms with E-state index in [1.165, 1.54) is 19.1 Å². The number of nitrogens with zero attached hydrogens (tertiary/aromatic N) is 2. The SMILES string of the molecule is CC(O)C(=O)N1CCN(CC(O)c2cccc(F)c2)CC1. The van der Waals surface area contributed by atoms with E-state index in [-0.39, 0.29) is 11.7 Å². The number of carbonyl (C=O) groups excluding carboxylic acids is 1. The highest BCUT2D eigenvalue weighted by Gasteiger charge is 2.24. The number of aliphatic hydroxyl groups is 2. The van der Waals surface area contributed by atoms with Crippen LogP contribution in [0.15, 0.2) is 24.3 Å². The Kier molecular flexibility index (Phi) is 5.27. The summed E-state index contributed by atoms with van der Waals surface area (Å²) in [5, 5.41) is 19.4. The van der Waals surface area contributed by atoms with Crippen molar-refractivity contribution in [1.82, 2.24) is 9.80 Å². The Hall–Kier alpha value is -1.50. The van der Waals surface area contributed by atoms with Crippen LogP contribution < -0.4 is 0 Å². The standard InChI is InChI=1S/C15H21FN2O3/c1-11(19)15(21)18-7-5-17(6-8-18)10-14(20)12-3-2-4-13(16)9-12/h2-4,9,11,14,19-20H,5-8,10H2,1H3. The Labute approximate surface area is 123 Å². The molecule has 6 heteroatoms. The molecule has 2 unspecified atom stereocenters. The summed E-state index contributed by atoms with van der Waals surface area (Å²) >= 11 is 0. The second kappa shape index (κ2) is 6.98. The fourth-order valence-corrected chi connectivity index (χ4v) is 2.48. The number of carbonyl (C=O) groups is 1. The third-order valence-corrected chi connectivity index (χ3v) is 3.71. The third kappa shape index (κ3) is 4.23. The van der Waals surface area contributed by atoms with Crippen LogP contribution in [-0.2, 0) is 4.79 Å². The summed E-state index contributed by atoms with van der Waals surface area (Å²) in [4.78, 5) is 15.3. The number of aliphatic hydroxyl groups excluding tert-OH is 2. The minimum Gasteiger partial charge on any atom is -0.387 e. The Balaban J connectivity index is 1.85. The molecular weight excluding hydrogens is 275 g/mol. The molecule has 1 amide bonds. The van der Waals surface area contributed by atoms with Gasteiger partial charge in [-0.1, -0.05) is 12.1 Å². The van der Waals surface area contributed by atoms with Gasteiger partial charge in [0.05, 0.1) is 6.10 Å². The lowest BCUT2D eigenvalue weighted by molar-refractivity contribution is -0.141. The molecule has 0 saturated carbocycles. The van der Waals surface area contributed by atoms with E-state index < -0.39 is 12.2 Å². The molecule has 0 radical (unpaired) electrons. The molecule has 1 aromatic carbocycles. The van der Waals surface area contributed by atoms with Crippen molar-refractivity contribution < 1.29 is 19.4 Å². The highest BCUT2D eigenvalue weighted by molar-refractivity contribution is 5.80. The fourth-order valence-electron chi connectivity index (χ4n) is 2.48. The number of hydrogen-bond donors (Lipinski definition) is 2. The summed E-state index contributed by atoms with van der Waals surface area (Å²) < 4.78 is 13.1. The number of piperazine rings is 1. The van der Waals surface area contributed by atoms with E-state index in [1.807, 2.05) is 4.90 Å². The van der Waals surface area contributed by atoms with Gasteiger partial charge in [-0.25, -0.2) is 4.39 Å². The first kappa shape index (κ1) is 15.9. The first-order valence-corrected chi connectivity index (χ1v) is 7.10. The van der Waals surface area contributed by atoms with Crippen LogP contribution in [0.3, 0.4) is 0 Å². The summed E-state index contributed by atoms with van der Waals surface area (Å²) in [7, 11) is 0. The quantitative estimate of drug-likeness (QED) is 0.843. The van der Waals surface area contributed by atoms with Gasteiger partial charge >= 0.3 is 0 Å². The van der Waals surface area contributed by atoms with Crippen molar-refractivity contribution in [3.63, 3.8) is 0 Å². The normalized spacial score (nSPS) is 19.3. The molecule has 2 atom stereocenters. The highest BCUT2D eigenvalue weighted by Crippen LogP contribution is 2.16. The number of halogens is 1. The Morgan fingerprint density at radius 1 is 1.29 bits per heavy atom. The molecule has 2 N–H and O–H groups in total. The van der Waals surface area contributed by atoms with Crippen LogP contribution in [0, 0.1) is 5.82 Å². The Bertz CT molecular complexity index is 488. The van der Waals surface area contributed by atoms with Gasteiger partial charge < -0.3 is 15.1 Å². The molecule has 0 aliphatic carbocycles. The van der Waals surface area contributed by atoms with Crippen molar-refractivity contribution in [1.29, 1.82) is 0 Å². The van der Waals surface area contributed by atoms with Crippen molar-refractivity contribution in [2.45, 2.75) is 19.1 Å². The highest BCUT2D eigenvalue weighted by atomic mass is 19.1. The van der Waals surface area contributed by atoms with Gasteiger partial charge in [0.15, 0.2) is 0 Å². The minimum absolute atomic E-state index is 0.264. The first-order valence-electron chi connectivity index (χ1n) is 7.10. The van der Waals surface area contributed by atoms with E-state index in [4.69, 9.17) is 0 Å². The largest absolute Gasteiger partial charge is 0.387 e. The molecule has 0 spiro atoms. The molecule has 5 nitrogen and oxygen atoms in total. The van der Waals surface area contributed by atoms with Gasteiger partial charge in [0.25, 0.3) is 5.91 Å².